The second-order valence-electron chi connectivity index (χ2n) is 6.54. The van der Waals surface area contributed by atoms with E-state index >= 15 is 0 Å². The van der Waals surface area contributed by atoms with Crippen LogP contribution in [0.15, 0.2) is 48.5 Å². The topological polar surface area (TPSA) is 56.2 Å². The van der Waals surface area contributed by atoms with Crippen molar-refractivity contribution in [1.29, 1.82) is 0 Å². The first-order chi connectivity index (χ1) is 13.0. The summed E-state index contributed by atoms with van der Waals surface area (Å²) in [5.41, 5.74) is 5.77. The minimum atomic E-state index is -0.158. The Balaban J connectivity index is 1.79. The van der Waals surface area contributed by atoms with Crippen molar-refractivity contribution in [3.05, 3.63) is 71.0 Å². The number of hydrogen-bond acceptors (Lipinski definition) is 3. The number of aryl methyl sites for hydroxylation is 1. The summed E-state index contributed by atoms with van der Waals surface area (Å²) in [5, 5.41) is 7.55. The number of carbonyl (C=O) groups excluding carboxylic acids is 1. The quantitative estimate of drug-likeness (QED) is 0.690. The molecule has 1 aromatic heterocycles. The Labute approximate surface area is 160 Å². The fraction of sp³-hybridized carbons (Fsp3) is 0.273. The average molecular weight is 363 g/mol. The van der Waals surface area contributed by atoms with Gasteiger partial charge in [-0.2, -0.15) is 5.10 Å². The molecule has 3 rings (SSSR count). The molecule has 0 atom stereocenters. The first kappa shape index (κ1) is 18.7. The molecule has 0 saturated heterocycles. The molecule has 1 heterocycles. The zero-order chi connectivity index (χ0) is 19.4. The third kappa shape index (κ3) is 4.03. The first-order valence-electron chi connectivity index (χ1n) is 9.14. The van der Waals surface area contributed by atoms with Gasteiger partial charge in [-0.3, -0.25) is 4.79 Å². The standard InChI is InChI=1S/C22H25N3O2/c1-5-7-21-15(2)24-25(16(21)3)19-12-10-17(11-13-19)22(26)23-18-8-6-9-20(14-18)27-4/h6,8-14H,5,7H2,1-4H3,(H,23,26). The van der Waals surface area contributed by atoms with E-state index in [1.165, 1.54) is 5.56 Å². The van der Waals surface area contributed by atoms with Crippen molar-refractivity contribution >= 4 is 11.6 Å². The molecule has 3 aromatic rings. The lowest BCUT2D eigenvalue weighted by Crippen LogP contribution is -2.12. The number of ether oxygens (including phenoxy) is 1. The molecular formula is C22H25N3O2. The Morgan fingerprint density at radius 2 is 1.89 bits per heavy atom. The van der Waals surface area contributed by atoms with E-state index in [9.17, 15) is 4.79 Å². The molecule has 2 aromatic carbocycles. The van der Waals surface area contributed by atoms with Crippen LogP contribution in [0, 0.1) is 13.8 Å². The van der Waals surface area contributed by atoms with Gasteiger partial charge in [-0.05, 0) is 62.2 Å². The van der Waals surface area contributed by atoms with Gasteiger partial charge in [0, 0.05) is 23.0 Å². The van der Waals surface area contributed by atoms with E-state index < -0.39 is 0 Å². The number of methoxy groups -OCH3 is 1. The van der Waals surface area contributed by atoms with Crippen LogP contribution in [0.25, 0.3) is 5.69 Å². The number of benzene rings is 2. The Morgan fingerprint density at radius 3 is 2.56 bits per heavy atom. The Morgan fingerprint density at radius 1 is 1.15 bits per heavy atom. The van der Waals surface area contributed by atoms with Gasteiger partial charge < -0.3 is 10.1 Å². The van der Waals surface area contributed by atoms with Crippen molar-refractivity contribution in [2.75, 3.05) is 12.4 Å². The molecule has 1 amide bonds. The van der Waals surface area contributed by atoms with E-state index in [1.54, 1.807) is 13.2 Å². The largest absolute Gasteiger partial charge is 0.497 e. The lowest BCUT2D eigenvalue weighted by molar-refractivity contribution is 0.102. The number of nitrogens with zero attached hydrogens (tertiary/aromatic N) is 2. The fourth-order valence-corrected chi connectivity index (χ4v) is 3.20. The summed E-state index contributed by atoms with van der Waals surface area (Å²) in [7, 11) is 1.60. The van der Waals surface area contributed by atoms with E-state index in [1.807, 2.05) is 54.1 Å². The number of anilines is 1. The minimum Gasteiger partial charge on any atom is -0.497 e. The molecule has 1 N–H and O–H groups in total. The monoisotopic (exact) mass is 363 g/mol. The van der Waals surface area contributed by atoms with Crippen LogP contribution in [0.2, 0.25) is 0 Å². The molecule has 0 saturated carbocycles. The summed E-state index contributed by atoms with van der Waals surface area (Å²) in [6, 6.07) is 14.8. The zero-order valence-corrected chi connectivity index (χ0v) is 16.2. The smallest absolute Gasteiger partial charge is 0.255 e. The summed E-state index contributed by atoms with van der Waals surface area (Å²) >= 11 is 0. The first-order valence-corrected chi connectivity index (χ1v) is 9.14. The number of nitrogens with one attached hydrogen (secondary N) is 1. The van der Waals surface area contributed by atoms with Crippen molar-refractivity contribution in [2.24, 2.45) is 0 Å². The van der Waals surface area contributed by atoms with Gasteiger partial charge in [0.15, 0.2) is 0 Å². The van der Waals surface area contributed by atoms with E-state index in [0.717, 1.165) is 29.9 Å². The second-order valence-corrected chi connectivity index (χ2v) is 6.54. The minimum absolute atomic E-state index is 0.158. The highest BCUT2D eigenvalue weighted by Crippen LogP contribution is 2.21. The third-order valence-electron chi connectivity index (χ3n) is 4.64. The maximum absolute atomic E-state index is 12.5. The van der Waals surface area contributed by atoms with Gasteiger partial charge in [-0.15, -0.1) is 0 Å². The molecule has 0 aliphatic rings. The van der Waals surface area contributed by atoms with Gasteiger partial charge in [0.1, 0.15) is 5.75 Å². The van der Waals surface area contributed by atoms with Crippen LogP contribution >= 0.6 is 0 Å². The van der Waals surface area contributed by atoms with E-state index in [-0.39, 0.29) is 5.91 Å². The van der Waals surface area contributed by atoms with Crippen LogP contribution < -0.4 is 10.1 Å². The van der Waals surface area contributed by atoms with Crippen LogP contribution in [0.1, 0.15) is 40.7 Å². The van der Waals surface area contributed by atoms with Crippen molar-refractivity contribution < 1.29 is 9.53 Å². The number of rotatable bonds is 6. The van der Waals surface area contributed by atoms with Gasteiger partial charge in [0.05, 0.1) is 18.5 Å². The number of aromatic nitrogens is 2. The summed E-state index contributed by atoms with van der Waals surface area (Å²) in [6.07, 6.45) is 2.12. The molecule has 5 heteroatoms. The van der Waals surface area contributed by atoms with Gasteiger partial charge >= 0.3 is 0 Å². The van der Waals surface area contributed by atoms with Gasteiger partial charge in [-0.1, -0.05) is 19.4 Å². The molecule has 0 unspecified atom stereocenters. The van der Waals surface area contributed by atoms with Crippen LogP contribution in [-0.2, 0) is 6.42 Å². The second kappa shape index (κ2) is 8.08. The number of hydrogen-bond donors (Lipinski definition) is 1. The van der Waals surface area contributed by atoms with Crippen LogP contribution in [0.3, 0.4) is 0 Å². The molecule has 5 nitrogen and oxygen atoms in total. The highest BCUT2D eigenvalue weighted by molar-refractivity contribution is 6.04. The molecule has 0 aliphatic heterocycles. The van der Waals surface area contributed by atoms with E-state index in [2.05, 4.69) is 24.3 Å². The van der Waals surface area contributed by atoms with E-state index in [4.69, 9.17) is 4.74 Å². The van der Waals surface area contributed by atoms with Crippen molar-refractivity contribution in [2.45, 2.75) is 33.6 Å². The molecular weight excluding hydrogens is 338 g/mol. The number of amides is 1. The maximum atomic E-state index is 12.5. The van der Waals surface area contributed by atoms with Gasteiger partial charge in [0.2, 0.25) is 0 Å². The summed E-state index contributed by atoms with van der Waals surface area (Å²) < 4.78 is 7.13. The van der Waals surface area contributed by atoms with Gasteiger partial charge in [0.25, 0.3) is 5.91 Å². The molecule has 0 spiro atoms. The van der Waals surface area contributed by atoms with Crippen molar-refractivity contribution in [1.82, 2.24) is 9.78 Å². The molecule has 0 fully saturated rings. The van der Waals surface area contributed by atoms with Crippen molar-refractivity contribution in [3.8, 4) is 11.4 Å². The SMILES string of the molecule is CCCc1c(C)nn(-c2ccc(C(=O)Nc3cccc(OC)c3)cc2)c1C. The normalized spacial score (nSPS) is 10.7. The zero-order valence-electron chi connectivity index (χ0n) is 16.2. The molecule has 0 bridgehead atoms. The molecule has 140 valence electrons. The van der Waals surface area contributed by atoms with Crippen LogP contribution in [-0.4, -0.2) is 22.8 Å². The predicted octanol–water partition coefficient (Wildman–Crippen LogP) is 4.70. The highest BCUT2D eigenvalue weighted by atomic mass is 16.5. The molecule has 0 radical (unpaired) electrons. The Hall–Kier alpha value is -3.08. The number of carbonyl (C=O) groups is 1. The average Bonchev–Trinajstić information content (AvgIpc) is 2.97. The summed E-state index contributed by atoms with van der Waals surface area (Å²) in [5.74, 6) is 0.547. The molecule has 27 heavy (non-hydrogen) atoms. The molecule has 0 aliphatic carbocycles. The fourth-order valence-electron chi connectivity index (χ4n) is 3.20. The van der Waals surface area contributed by atoms with Gasteiger partial charge in [-0.25, -0.2) is 4.68 Å². The summed E-state index contributed by atoms with van der Waals surface area (Å²) in [4.78, 5) is 12.5. The predicted molar refractivity (Wildman–Crippen MR) is 108 cm³/mol. The van der Waals surface area contributed by atoms with Crippen molar-refractivity contribution in [3.63, 3.8) is 0 Å². The third-order valence-corrected chi connectivity index (χ3v) is 4.64. The summed E-state index contributed by atoms with van der Waals surface area (Å²) in [6.45, 7) is 6.31. The van der Waals surface area contributed by atoms with Crippen LogP contribution in [0.4, 0.5) is 5.69 Å². The highest BCUT2D eigenvalue weighted by Gasteiger charge is 2.13. The van der Waals surface area contributed by atoms with E-state index in [0.29, 0.717) is 17.0 Å². The lowest BCUT2D eigenvalue weighted by atomic mass is 10.1. The Bertz CT molecular complexity index is 943. The van der Waals surface area contributed by atoms with Crippen LogP contribution in [0.5, 0.6) is 5.75 Å². The maximum Gasteiger partial charge on any atom is 0.255 e. The lowest BCUT2D eigenvalue weighted by Gasteiger charge is -2.09. The Kier molecular flexibility index (Phi) is 5.60.